The highest BCUT2D eigenvalue weighted by Crippen LogP contribution is 2.24. The molecular formula is C17H20N4S. The molecule has 3 rings (SSSR count). The van der Waals surface area contributed by atoms with Gasteiger partial charge in [-0.05, 0) is 43.5 Å². The molecule has 1 aromatic heterocycles. The monoisotopic (exact) mass is 312 g/mol. The molecule has 0 fully saturated rings. The van der Waals surface area contributed by atoms with Gasteiger partial charge in [-0.15, -0.1) is 5.10 Å². The van der Waals surface area contributed by atoms with E-state index >= 15 is 0 Å². The fourth-order valence-corrected chi connectivity index (χ4v) is 3.15. The first-order chi connectivity index (χ1) is 10.8. The minimum atomic E-state index is 0.824. The van der Waals surface area contributed by atoms with Crippen LogP contribution < -0.4 is 0 Å². The van der Waals surface area contributed by atoms with Gasteiger partial charge in [-0.25, -0.2) is 4.41 Å². The van der Waals surface area contributed by atoms with Gasteiger partial charge < -0.3 is 4.90 Å². The third-order valence-corrected chi connectivity index (χ3v) is 4.58. The number of aromatic nitrogens is 1. The maximum atomic E-state index is 4.75. The van der Waals surface area contributed by atoms with Crippen molar-refractivity contribution in [3.05, 3.63) is 65.5 Å². The largest absolute Gasteiger partial charge is 0.335 e. The summed E-state index contributed by atoms with van der Waals surface area (Å²) in [5, 5.41) is 4.75. The first kappa shape index (κ1) is 14.9. The second-order valence-electron chi connectivity index (χ2n) is 5.27. The summed E-state index contributed by atoms with van der Waals surface area (Å²) in [6, 6.07) is 12.7. The maximum Gasteiger partial charge on any atom is 0.158 e. The number of aryl methyl sites for hydroxylation is 1. The number of nitrogens with zero attached hydrogens (tertiary/aromatic N) is 4. The van der Waals surface area contributed by atoms with Crippen molar-refractivity contribution in [1.82, 2.24) is 14.3 Å². The van der Waals surface area contributed by atoms with Crippen LogP contribution in [-0.4, -0.2) is 33.3 Å². The topological polar surface area (TPSA) is 31.7 Å². The summed E-state index contributed by atoms with van der Waals surface area (Å²) in [6.07, 6.45) is 3.63. The van der Waals surface area contributed by atoms with Gasteiger partial charge in [-0.1, -0.05) is 29.8 Å². The van der Waals surface area contributed by atoms with Gasteiger partial charge in [-0.3, -0.25) is 4.98 Å². The van der Waals surface area contributed by atoms with Crippen molar-refractivity contribution in [3.63, 3.8) is 0 Å². The molecule has 0 unspecified atom stereocenters. The van der Waals surface area contributed by atoms with Crippen molar-refractivity contribution in [2.75, 3.05) is 13.2 Å². The van der Waals surface area contributed by atoms with Crippen molar-refractivity contribution in [2.24, 2.45) is 5.10 Å². The molecule has 4 nitrogen and oxygen atoms in total. The zero-order valence-corrected chi connectivity index (χ0v) is 13.8. The molecule has 0 spiro atoms. The van der Waals surface area contributed by atoms with E-state index < -0.39 is 0 Å². The molecule has 0 saturated heterocycles. The minimum absolute atomic E-state index is 0.824. The molecule has 5 heteroatoms. The van der Waals surface area contributed by atoms with Crippen LogP contribution in [0.5, 0.6) is 0 Å². The van der Waals surface area contributed by atoms with E-state index in [0.29, 0.717) is 0 Å². The molecule has 0 aliphatic carbocycles. The average Bonchev–Trinajstić information content (AvgIpc) is 2.98. The van der Waals surface area contributed by atoms with E-state index in [2.05, 4.69) is 52.4 Å². The highest BCUT2D eigenvalue weighted by molar-refractivity contribution is 7.96. The molecule has 22 heavy (non-hydrogen) atoms. The van der Waals surface area contributed by atoms with Crippen LogP contribution in [-0.2, 0) is 5.75 Å². The van der Waals surface area contributed by atoms with Crippen LogP contribution >= 0.6 is 11.9 Å². The van der Waals surface area contributed by atoms with Crippen LogP contribution in [0.3, 0.4) is 0 Å². The lowest BCUT2D eigenvalue weighted by Crippen LogP contribution is -2.29. The van der Waals surface area contributed by atoms with E-state index in [1.54, 1.807) is 11.9 Å². The number of hydrazone groups is 1. The van der Waals surface area contributed by atoms with Crippen molar-refractivity contribution >= 4 is 17.8 Å². The fraction of sp³-hybridized carbons (Fsp3) is 0.294. The molecule has 1 aromatic carbocycles. The van der Waals surface area contributed by atoms with E-state index in [4.69, 9.17) is 5.10 Å². The van der Waals surface area contributed by atoms with Gasteiger partial charge in [0.15, 0.2) is 5.84 Å². The van der Waals surface area contributed by atoms with Gasteiger partial charge in [0.25, 0.3) is 0 Å². The Morgan fingerprint density at radius 3 is 2.50 bits per heavy atom. The van der Waals surface area contributed by atoms with E-state index in [-0.39, 0.29) is 0 Å². The highest BCUT2D eigenvalue weighted by Gasteiger charge is 2.23. The number of hydrogen-bond acceptors (Lipinski definition) is 5. The average molecular weight is 312 g/mol. The predicted molar refractivity (Wildman–Crippen MR) is 92.3 cm³/mol. The Bertz CT molecular complexity index is 639. The number of benzene rings is 1. The van der Waals surface area contributed by atoms with Gasteiger partial charge in [0.2, 0.25) is 0 Å². The zero-order valence-electron chi connectivity index (χ0n) is 12.9. The number of hydrogen-bond donors (Lipinski definition) is 0. The Morgan fingerprint density at radius 2 is 1.82 bits per heavy atom. The summed E-state index contributed by atoms with van der Waals surface area (Å²) in [4.78, 5) is 6.35. The molecule has 2 aromatic rings. The summed E-state index contributed by atoms with van der Waals surface area (Å²) < 4.78 is 2.07. The highest BCUT2D eigenvalue weighted by atomic mass is 32.2. The first-order valence-electron chi connectivity index (χ1n) is 7.46. The molecule has 0 N–H and O–H groups in total. The van der Waals surface area contributed by atoms with Gasteiger partial charge in [0, 0.05) is 30.3 Å². The molecule has 0 saturated carbocycles. The van der Waals surface area contributed by atoms with E-state index in [1.807, 2.05) is 24.5 Å². The Kier molecular flexibility index (Phi) is 4.63. The van der Waals surface area contributed by atoms with Crippen LogP contribution in [0.15, 0.2) is 53.9 Å². The third kappa shape index (κ3) is 3.42. The summed E-state index contributed by atoms with van der Waals surface area (Å²) in [6.45, 7) is 6.04. The zero-order chi connectivity index (χ0) is 15.4. The molecule has 0 radical (unpaired) electrons. The minimum Gasteiger partial charge on any atom is -0.335 e. The molecule has 1 aliphatic rings. The SMILES string of the molecule is CCN1CN(SCc2ccc(C)cc2)N=C1c1ccncc1. The molecule has 0 amide bonds. The number of amidine groups is 1. The lowest BCUT2D eigenvalue weighted by atomic mass is 10.2. The number of pyridine rings is 1. The summed E-state index contributed by atoms with van der Waals surface area (Å²) in [5.74, 6) is 1.96. The molecule has 0 bridgehead atoms. The summed E-state index contributed by atoms with van der Waals surface area (Å²) in [7, 11) is 0. The summed E-state index contributed by atoms with van der Waals surface area (Å²) >= 11 is 1.75. The smallest absolute Gasteiger partial charge is 0.158 e. The van der Waals surface area contributed by atoms with Gasteiger partial charge in [0.05, 0.1) is 0 Å². The fourth-order valence-electron chi connectivity index (χ4n) is 2.31. The van der Waals surface area contributed by atoms with Crippen LogP contribution in [0, 0.1) is 6.92 Å². The van der Waals surface area contributed by atoms with E-state index in [1.165, 1.54) is 11.1 Å². The van der Waals surface area contributed by atoms with Crippen molar-refractivity contribution < 1.29 is 0 Å². The number of rotatable bonds is 5. The molecule has 0 atom stereocenters. The maximum absolute atomic E-state index is 4.75. The van der Waals surface area contributed by atoms with Crippen molar-refractivity contribution in [2.45, 2.75) is 19.6 Å². The van der Waals surface area contributed by atoms with Crippen molar-refractivity contribution in [1.29, 1.82) is 0 Å². The van der Waals surface area contributed by atoms with Gasteiger partial charge in [-0.2, -0.15) is 0 Å². The van der Waals surface area contributed by atoms with Gasteiger partial charge in [0.1, 0.15) is 6.67 Å². The Hall–Kier alpha value is -2.01. The quantitative estimate of drug-likeness (QED) is 0.791. The molecular weight excluding hydrogens is 292 g/mol. The third-order valence-electron chi connectivity index (χ3n) is 3.62. The molecule has 114 valence electrons. The van der Waals surface area contributed by atoms with Crippen LogP contribution in [0.2, 0.25) is 0 Å². The first-order valence-corrected chi connectivity index (χ1v) is 8.40. The van der Waals surface area contributed by atoms with Crippen molar-refractivity contribution in [3.8, 4) is 0 Å². The second kappa shape index (κ2) is 6.83. The second-order valence-corrected chi connectivity index (χ2v) is 6.24. The Morgan fingerprint density at radius 1 is 1.09 bits per heavy atom. The molecule has 1 aliphatic heterocycles. The Balaban J connectivity index is 1.68. The van der Waals surface area contributed by atoms with Crippen LogP contribution in [0.1, 0.15) is 23.6 Å². The van der Waals surface area contributed by atoms with Crippen LogP contribution in [0.4, 0.5) is 0 Å². The standard InChI is InChI=1S/C17H20N4S/c1-3-20-13-21(19-17(20)16-8-10-18-11-9-16)22-12-15-6-4-14(2)5-7-15/h4-11H,3,12-13H2,1-2H3. The Labute approximate surface area is 136 Å². The normalized spacial score (nSPS) is 14.4. The molecule has 2 heterocycles. The van der Waals surface area contributed by atoms with E-state index in [9.17, 15) is 0 Å². The van der Waals surface area contributed by atoms with E-state index in [0.717, 1.165) is 30.4 Å². The lowest BCUT2D eigenvalue weighted by molar-refractivity contribution is 0.366. The summed E-state index contributed by atoms with van der Waals surface area (Å²) in [5.41, 5.74) is 3.74. The lowest BCUT2D eigenvalue weighted by Gasteiger charge is -2.18. The predicted octanol–water partition coefficient (Wildman–Crippen LogP) is 3.50. The van der Waals surface area contributed by atoms with Crippen LogP contribution in [0.25, 0.3) is 0 Å². The van der Waals surface area contributed by atoms with Gasteiger partial charge >= 0.3 is 0 Å².